The Morgan fingerprint density at radius 3 is 2.10 bits per heavy atom. The van der Waals surface area contributed by atoms with Crippen molar-refractivity contribution in [3.8, 4) is 0 Å². The number of aromatic nitrogens is 3. The zero-order valence-electron chi connectivity index (χ0n) is 18.1. The van der Waals surface area contributed by atoms with E-state index in [9.17, 15) is 14.4 Å². The Bertz CT molecular complexity index is 939. The average Bonchev–Trinajstić information content (AvgIpc) is 2.53. The number of rotatable bonds is 5. The first kappa shape index (κ1) is 22.5. The third-order valence-corrected chi connectivity index (χ3v) is 3.89. The molecule has 8 heteroatoms. The van der Waals surface area contributed by atoms with Crippen molar-refractivity contribution >= 4 is 22.8 Å². The first-order valence-electron chi connectivity index (χ1n) is 9.57. The van der Waals surface area contributed by atoms with Crippen molar-refractivity contribution in [3.05, 3.63) is 34.1 Å². The molecular formula is C21H29N3O5. The molecule has 2 rings (SSSR count). The Labute approximate surface area is 170 Å². The predicted molar refractivity (Wildman–Crippen MR) is 108 cm³/mol. The van der Waals surface area contributed by atoms with Gasteiger partial charge in [-0.15, -0.1) is 5.10 Å². The van der Waals surface area contributed by atoms with Gasteiger partial charge >= 0.3 is 11.9 Å². The van der Waals surface area contributed by atoms with Gasteiger partial charge < -0.3 is 9.47 Å². The van der Waals surface area contributed by atoms with Crippen molar-refractivity contribution in [2.45, 2.75) is 72.6 Å². The molecule has 2 aromatic rings. The molecule has 1 aromatic carbocycles. The van der Waals surface area contributed by atoms with E-state index in [4.69, 9.17) is 9.47 Å². The van der Waals surface area contributed by atoms with E-state index in [1.807, 2.05) is 13.0 Å². The van der Waals surface area contributed by atoms with Gasteiger partial charge in [-0.25, -0.2) is 4.68 Å². The van der Waals surface area contributed by atoms with Gasteiger partial charge in [-0.1, -0.05) is 11.3 Å². The van der Waals surface area contributed by atoms with Crippen LogP contribution in [0.1, 0.15) is 53.5 Å². The smallest absolute Gasteiger partial charge is 0.320 e. The van der Waals surface area contributed by atoms with E-state index in [0.29, 0.717) is 10.9 Å². The summed E-state index contributed by atoms with van der Waals surface area (Å²) in [4.78, 5) is 37.9. The summed E-state index contributed by atoms with van der Waals surface area (Å²) in [5.41, 5.74) is -0.369. The van der Waals surface area contributed by atoms with Crippen LogP contribution in [-0.4, -0.2) is 38.1 Å². The van der Waals surface area contributed by atoms with Gasteiger partial charge in [0.1, 0.15) is 16.7 Å². The van der Waals surface area contributed by atoms with Crippen LogP contribution in [0.15, 0.2) is 23.0 Å². The second kappa shape index (κ2) is 8.31. The third-order valence-electron chi connectivity index (χ3n) is 3.89. The van der Waals surface area contributed by atoms with Crippen LogP contribution in [0.25, 0.3) is 10.9 Å². The molecule has 158 valence electrons. The number of aryl methyl sites for hydroxylation is 2. The van der Waals surface area contributed by atoms with E-state index in [1.165, 1.54) is 0 Å². The zero-order chi connectivity index (χ0) is 22.0. The number of hydrogen-bond donors (Lipinski definition) is 0. The number of fused-ring (bicyclic) bond motifs is 1. The molecule has 0 aliphatic rings. The summed E-state index contributed by atoms with van der Waals surface area (Å²) in [6.45, 7) is 12.3. The SMILES string of the molecule is Cc1ccc2c(=O)n(CCC(C(=O)OC(C)(C)C)C(=O)OC(C)(C)C)nnc2c1. The number of carbonyl (C=O) groups is 2. The minimum Gasteiger partial charge on any atom is -0.459 e. The number of nitrogens with zero attached hydrogens (tertiary/aromatic N) is 3. The quantitative estimate of drug-likeness (QED) is 0.559. The van der Waals surface area contributed by atoms with Gasteiger partial charge in [-0.2, -0.15) is 0 Å². The van der Waals surface area contributed by atoms with Crippen LogP contribution in [0.5, 0.6) is 0 Å². The third kappa shape index (κ3) is 6.37. The normalized spacial score (nSPS) is 12.3. The molecule has 0 radical (unpaired) electrons. The average molecular weight is 403 g/mol. The van der Waals surface area contributed by atoms with Gasteiger partial charge in [0.25, 0.3) is 5.56 Å². The number of ether oxygens (including phenoxy) is 2. The fraction of sp³-hybridized carbons (Fsp3) is 0.571. The molecule has 0 aliphatic heterocycles. The minimum absolute atomic E-state index is 0.00970. The lowest BCUT2D eigenvalue weighted by molar-refractivity contribution is -0.174. The minimum atomic E-state index is -1.17. The Hall–Kier alpha value is -2.77. The van der Waals surface area contributed by atoms with Crippen molar-refractivity contribution in [1.82, 2.24) is 15.0 Å². The molecule has 0 unspecified atom stereocenters. The van der Waals surface area contributed by atoms with E-state index < -0.39 is 29.1 Å². The molecule has 0 aliphatic carbocycles. The van der Waals surface area contributed by atoms with Crippen molar-refractivity contribution < 1.29 is 19.1 Å². The molecule has 1 heterocycles. The van der Waals surface area contributed by atoms with Crippen molar-refractivity contribution in [3.63, 3.8) is 0 Å². The second-order valence-electron chi connectivity index (χ2n) is 9.05. The highest BCUT2D eigenvalue weighted by Crippen LogP contribution is 2.19. The Kier molecular flexibility index (Phi) is 6.45. The molecular weight excluding hydrogens is 374 g/mol. The maximum absolute atomic E-state index is 12.7. The first-order valence-corrected chi connectivity index (χ1v) is 9.57. The van der Waals surface area contributed by atoms with Gasteiger partial charge in [-0.3, -0.25) is 14.4 Å². The maximum Gasteiger partial charge on any atom is 0.320 e. The fourth-order valence-electron chi connectivity index (χ4n) is 2.66. The van der Waals surface area contributed by atoms with E-state index in [2.05, 4.69) is 10.3 Å². The van der Waals surface area contributed by atoms with Crippen LogP contribution in [0.4, 0.5) is 0 Å². The molecule has 0 bridgehead atoms. The summed E-state index contributed by atoms with van der Waals surface area (Å²) in [5.74, 6) is -2.55. The van der Waals surface area contributed by atoms with Gasteiger partial charge in [0, 0.05) is 6.54 Å². The fourth-order valence-corrected chi connectivity index (χ4v) is 2.66. The summed E-state index contributed by atoms with van der Waals surface area (Å²) >= 11 is 0. The summed E-state index contributed by atoms with van der Waals surface area (Å²) in [7, 11) is 0. The maximum atomic E-state index is 12.7. The monoisotopic (exact) mass is 403 g/mol. The predicted octanol–water partition coefficient (Wildman–Crippen LogP) is 2.79. The summed E-state index contributed by atoms with van der Waals surface area (Å²) in [6, 6.07) is 5.29. The number of carbonyl (C=O) groups excluding carboxylic acids is 2. The van der Waals surface area contributed by atoms with Gasteiger partial charge in [0.2, 0.25) is 0 Å². The second-order valence-corrected chi connectivity index (χ2v) is 9.05. The van der Waals surface area contributed by atoms with Gasteiger partial charge in [0.15, 0.2) is 5.92 Å². The Morgan fingerprint density at radius 1 is 1.03 bits per heavy atom. The van der Waals surface area contributed by atoms with E-state index in [0.717, 1.165) is 10.2 Å². The molecule has 0 N–H and O–H groups in total. The van der Waals surface area contributed by atoms with Crippen molar-refractivity contribution in [1.29, 1.82) is 0 Å². The largest absolute Gasteiger partial charge is 0.459 e. The first-order chi connectivity index (χ1) is 13.3. The Balaban J connectivity index is 2.27. The number of esters is 2. The number of benzene rings is 1. The highest BCUT2D eigenvalue weighted by atomic mass is 16.6. The lowest BCUT2D eigenvalue weighted by Crippen LogP contribution is -2.38. The summed E-state index contributed by atoms with van der Waals surface area (Å²) in [5, 5.41) is 8.43. The van der Waals surface area contributed by atoms with E-state index in [-0.39, 0.29) is 18.5 Å². The van der Waals surface area contributed by atoms with Crippen molar-refractivity contribution in [2.75, 3.05) is 0 Å². The molecule has 0 saturated carbocycles. The van der Waals surface area contributed by atoms with E-state index in [1.54, 1.807) is 53.7 Å². The Morgan fingerprint density at radius 2 is 1.59 bits per heavy atom. The van der Waals surface area contributed by atoms with Crippen molar-refractivity contribution in [2.24, 2.45) is 5.92 Å². The van der Waals surface area contributed by atoms with Crippen LogP contribution in [0.2, 0.25) is 0 Å². The molecule has 29 heavy (non-hydrogen) atoms. The summed E-state index contributed by atoms with van der Waals surface area (Å²) < 4.78 is 11.9. The van der Waals surface area contributed by atoms with Crippen LogP contribution in [0, 0.1) is 12.8 Å². The molecule has 1 aromatic heterocycles. The summed E-state index contributed by atoms with van der Waals surface area (Å²) in [6.07, 6.45) is 0.00970. The number of hydrogen-bond acceptors (Lipinski definition) is 7. The standard InChI is InChI=1S/C21H29N3O5/c1-13-8-9-14-16(12-13)22-23-24(17(14)25)11-10-15(18(26)28-20(2,3)4)19(27)29-21(5,6)7/h8-9,12,15H,10-11H2,1-7H3. The molecule has 8 nitrogen and oxygen atoms in total. The molecule has 0 fully saturated rings. The van der Waals surface area contributed by atoms with Crippen LogP contribution in [-0.2, 0) is 25.6 Å². The van der Waals surface area contributed by atoms with E-state index >= 15 is 0 Å². The lowest BCUT2D eigenvalue weighted by atomic mass is 10.0. The van der Waals surface area contributed by atoms with Gasteiger partial charge in [-0.05, 0) is 72.6 Å². The highest BCUT2D eigenvalue weighted by Gasteiger charge is 2.34. The molecule has 0 spiro atoms. The van der Waals surface area contributed by atoms with Gasteiger partial charge in [0.05, 0.1) is 5.39 Å². The highest BCUT2D eigenvalue weighted by molar-refractivity contribution is 5.95. The molecule has 0 saturated heterocycles. The zero-order valence-corrected chi connectivity index (χ0v) is 18.1. The molecule has 0 atom stereocenters. The topological polar surface area (TPSA) is 100 Å². The van der Waals surface area contributed by atoms with Crippen LogP contribution in [0.3, 0.4) is 0 Å². The van der Waals surface area contributed by atoms with Crippen LogP contribution >= 0.6 is 0 Å². The lowest BCUT2D eigenvalue weighted by Gasteiger charge is -2.26. The molecule has 0 amide bonds. The van der Waals surface area contributed by atoms with Crippen LogP contribution < -0.4 is 5.56 Å².